The number of carboxylic acids is 1. The third kappa shape index (κ3) is 1.99. The Bertz CT molecular complexity index is 950. The van der Waals surface area contributed by atoms with Crippen molar-refractivity contribution in [1.82, 2.24) is 4.57 Å². The van der Waals surface area contributed by atoms with E-state index in [0.29, 0.717) is 17.7 Å². The maximum absolute atomic E-state index is 14.4. The number of aliphatic carboxylic acids is 1. The van der Waals surface area contributed by atoms with E-state index < -0.39 is 23.4 Å². The highest BCUT2D eigenvalue weighted by Crippen LogP contribution is 2.57. The molecule has 0 bridgehead atoms. The van der Waals surface area contributed by atoms with Crippen molar-refractivity contribution in [3.63, 3.8) is 0 Å². The molecule has 1 atom stereocenters. The predicted molar refractivity (Wildman–Crippen MR) is 87.7 cm³/mol. The summed E-state index contributed by atoms with van der Waals surface area (Å²) < 4.78 is 15.7. The average molecular weight is 349 g/mol. The summed E-state index contributed by atoms with van der Waals surface area (Å²) in [6.45, 7) is 0. The number of nitrogens with two attached hydrogens (primary N) is 1. The van der Waals surface area contributed by atoms with Gasteiger partial charge in [-0.2, -0.15) is 0 Å². The molecule has 2 aliphatic rings. The number of fused-ring (bicyclic) bond motifs is 2. The minimum Gasteiger partial charge on any atom is -0.480 e. The van der Waals surface area contributed by atoms with E-state index in [1.54, 1.807) is 6.07 Å². The monoisotopic (exact) mass is 348 g/mol. The van der Waals surface area contributed by atoms with Crippen LogP contribution >= 0.6 is 11.6 Å². The highest BCUT2D eigenvalue weighted by atomic mass is 35.5. The standard InChI is InChI=1S/C17H14ClFN2O3/c18-9-1-2-10(20)14(15(9)19)8-5-12-17(3-4-17)7-11(16(23)24)21(12)13(22)6-8/h1-2,5-6,11H,3-4,7,20H2,(H,23,24). The van der Waals surface area contributed by atoms with E-state index >= 15 is 0 Å². The first-order chi connectivity index (χ1) is 11.3. The molecule has 7 heteroatoms. The molecule has 3 N–H and O–H groups in total. The quantitative estimate of drug-likeness (QED) is 0.817. The van der Waals surface area contributed by atoms with Gasteiger partial charge in [-0.25, -0.2) is 9.18 Å². The molecule has 1 aromatic carbocycles. The van der Waals surface area contributed by atoms with Crippen molar-refractivity contribution in [3.8, 4) is 11.1 Å². The Morgan fingerprint density at radius 2 is 2.08 bits per heavy atom. The van der Waals surface area contributed by atoms with Crippen molar-refractivity contribution in [3.05, 3.63) is 51.2 Å². The van der Waals surface area contributed by atoms with Gasteiger partial charge >= 0.3 is 5.97 Å². The minimum absolute atomic E-state index is 0.0793. The van der Waals surface area contributed by atoms with Crippen molar-refractivity contribution in [2.75, 3.05) is 5.73 Å². The summed E-state index contributed by atoms with van der Waals surface area (Å²) in [7, 11) is 0. The Morgan fingerprint density at radius 3 is 2.71 bits per heavy atom. The van der Waals surface area contributed by atoms with Crippen molar-refractivity contribution >= 4 is 23.3 Å². The molecule has 124 valence electrons. The summed E-state index contributed by atoms with van der Waals surface area (Å²) in [5.41, 5.74) is 6.37. The number of anilines is 1. The zero-order valence-electron chi connectivity index (χ0n) is 12.6. The molecule has 1 unspecified atom stereocenters. The fraction of sp³-hybridized carbons (Fsp3) is 0.294. The van der Waals surface area contributed by atoms with Gasteiger partial charge < -0.3 is 10.8 Å². The first kappa shape index (κ1) is 15.2. The number of nitrogens with zero attached hydrogens (tertiary/aromatic N) is 1. The Hall–Kier alpha value is -2.34. The second-order valence-electron chi connectivity index (χ2n) is 6.50. The van der Waals surface area contributed by atoms with E-state index in [2.05, 4.69) is 0 Å². The van der Waals surface area contributed by atoms with Crippen LogP contribution in [0.2, 0.25) is 5.02 Å². The van der Waals surface area contributed by atoms with E-state index in [1.165, 1.54) is 22.8 Å². The molecular formula is C17H14ClFN2O3. The molecule has 1 aliphatic carbocycles. The highest BCUT2D eigenvalue weighted by Gasteiger charge is 2.54. The highest BCUT2D eigenvalue weighted by molar-refractivity contribution is 6.31. The van der Waals surface area contributed by atoms with Crippen LogP contribution < -0.4 is 11.3 Å². The molecule has 1 aromatic heterocycles. The maximum atomic E-state index is 14.4. The van der Waals surface area contributed by atoms with E-state index in [4.69, 9.17) is 17.3 Å². The summed E-state index contributed by atoms with van der Waals surface area (Å²) in [6, 6.07) is 4.89. The number of aromatic nitrogens is 1. The lowest BCUT2D eigenvalue weighted by Crippen LogP contribution is -2.27. The second-order valence-corrected chi connectivity index (χ2v) is 6.91. The molecule has 5 nitrogen and oxygen atoms in total. The first-order valence-corrected chi connectivity index (χ1v) is 7.95. The van der Waals surface area contributed by atoms with E-state index in [1.807, 2.05) is 0 Å². The van der Waals surface area contributed by atoms with E-state index in [9.17, 15) is 19.1 Å². The Labute approximate surface area is 141 Å². The van der Waals surface area contributed by atoms with Gasteiger partial charge in [-0.15, -0.1) is 0 Å². The molecule has 0 radical (unpaired) electrons. The van der Waals surface area contributed by atoms with E-state index in [0.717, 1.165) is 12.8 Å². The number of pyridine rings is 1. The number of carboxylic acid groups (broad SMARTS) is 1. The minimum atomic E-state index is -1.02. The lowest BCUT2D eigenvalue weighted by Gasteiger charge is -2.14. The molecule has 0 amide bonds. The number of carbonyl (C=O) groups is 1. The zero-order chi connectivity index (χ0) is 17.2. The third-order valence-electron chi connectivity index (χ3n) is 5.06. The van der Waals surface area contributed by atoms with Crippen LogP contribution in [0.3, 0.4) is 0 Å². The molecule has 2 aromatic rings. The van der Waals surface area contributed by atoms with Gasteiger partial charge in [0.15, 0.2) is 5.82 Å². The van der Waals surface area contributed by atoms with Gasteiger partial charge in [-0.3, -0.25) is 9.36 Å². The summed E-state index contributed by atoms with van der Waals surface area (Å²) in [5, 5.41) is 9.32. The molecule has 0 saturated heterocycles. The largest absolute Gasteiger partial charge is 0.480 e. The lowest BCUT2D eigenvalue weighted by atomic mass is 9.96. The van der Waals surface area contributed by atoms with Crippen LogP contribution in [0.25, 0.3) is 11.1 Å². The Morgan fingerprint density at radius 1 is 1.38 bits per heavy atom. The molecule has 1 aliphatic heterocycles. The van der Waals surface area contributed by atoms with Crippen molar-refractivity contribution in [2.45, 2.75) is 30.7 Å². The van der Waals surface area contributed by atoms with Crippen LogP contribution in [0, 0.1) is 5.82 Å². The van der Waals surface area contributed by atoms with Gasteiger partial charge in [0.1, 0.15) is 6.04 Å². The molecule has 4 rings (SSSR count). The Kier molecular flexibility index (Phi) is 3.06. The Balaban J connectivity index is 1.97. The van der Waals surface area contributed by atoms with Crippen molar-refractivity contribution < 1.29 is 14.3 Å². The third-order valence-corrected chi connectivity index (χ3v) is 5.35. The van der Waals surface area contributed by atoms with Crippen molar-refractivity contribution in [1.29, 1.82) is 0 Å². The van der Waals surface area contributed by atoms with Gasteiger partial charge in [0.2, 0.25) is 0 Å². The number of nitrogen functional groups attached to an aromatic ring is 1. The number of halogens is 2. The fourth-order valence-corrected chi connectivity index (χ4v) is 3.85. The fourth-order valence-electron chi connectivity index (χ4n) is 3.69. The van der Waals surface area contributed by atoms with Gasteiger partial charge in [-0.05, 0) is 43.0 Å². The van der Waals surface area contributed by atoms with E-state index in [-0.39, 0.29) is 21.7 Å². The lowest BCUT2D eigenvalue weighted by molar-refractivity contribution is -0.140. The number of benzene rings is 1. The molecule has 2 heterocycles. The zero-order valence-corrected chi connectivity index (χ0v) is 13.3. The number of rotatable bonds is 2. The molecule has 1 saturated carbocycles. The molecular weight excluding hydrogens is 335 g/mol. The first-order valence-electron chi connectivity index (χ1n) is 7.58. The predicted octanol–water partition coefficient (Wildman–Crippen LogP) is 2.95. The van der Waals surface area contributed by atoms with Crippen LogP contribution in [0.1, 0.15) is 31.0 Å². The number of hydrogen-bond acceptors (Lipinski definition) is 3. The van der Waals surface area contributed by atoms with Gasteiger partial charge in [0.25, 0.3) is 5.56 Å². The van der Waals surface area contributed by atoms with Crippen LogP contribution in [-0.2, 0) is 10.2 Å². The second kappa shape index (κ2) is 4.83. The van der Waals surface area contributed by atoms with Gasteiger partial charge in [0.05, 0.1) is 5.02 Å². The number of hydrogen-bond donors (Lipinski definition) is 2. The van der Waals surface area contributed by atoms with Crippen LogP contribution in [0.4, 0.5) is 10.1 Å². The van der Waals surface area contributed by atoms with Gasteiger partial charge in [0, 0.05) is 28.4 Å². The molecule has 24 heavy (non-hydrogen) atoms. The SMILES string of the molecule is Nc1ccc(Cl)c(F)c1-c1cc2n(c(=O)c1)C(C(=O)O)CC21CC1. The average Bonchev–Trinajstić information content (AvgIpc) is 3.21. The van der Waals surface area contributed by atoms with Crippen LogP contribution in [0.5, 0.6) is 0 Å². The summed E-state index contributed by atoms with van der Waals surface area (Å²) in [6.07, 6.45) is 2.05. The topological polar surface area (TPSA) is 85.3 Å². The smallest absolute Gasteiger partial charge is 0.326 e. The van der Waals surface area contributed by atoms with Crippen LogP contribution in [0.15, 0.2) is 29.1 Å². The van der Waals surface area contributed by atoms with Crippen molar-refractivity contribution in [2.24, 2.45) is 0 Å². The molecule has 1 fully saturated rings. The summed E-state index contributed by atoms with van der Waals surface area (Å²) >= 11 is 5.83. The summed E-state index contributed by atoms with van der Waals surface area (Å²) in [4.78, 5) is 24.0. The molecule has 1 spiro atoms. The van der Waals surface area contributed by atoms with Crippen LogP contribution in [-0.4, -0.2) is 15.6 Å². The maximum Gasteiger partial charge on any atom is 0.326 e. The van der Waals surface area contributed by atoms with Gasteiger partial charge in [-0.1, -0.05) is 11.6 Å². The normalized spacial score (nSPS) is 20.2. The summed E-state index contributed by atoms with van der Waals surface area (Å²) in [5.74, 6) is -1.71.